The van der Waals surface area contributed by atoms with Crippen LogP contribution in [0.1, 0.15) is 30.6 Å². The summed E-state index contributed by atoms with van der Waals surface area (Å²) >= 11 is 0. The van der Waals surface area contributed by atoms with E-state index >= 15 is 0 Å². The summed E-state index contributed by atoms with van der Waals surface area (Å²) in [5, 5.41) is 5.24. The van der Waals surface area contributed by atoms with Crippen molar-refractivity contribution >= 4 is 23.3 Å². The molecule has 0 aliphatic rings. The highest BCUT2D eigenvalue weighted by molar-refractivity contribution is 6.05. The number of ether oxygens (including phenoxy) is 1. The average molecular weight is 426 g/mol. The molecule has 2 aromatic heterocycles. The molecule has 0 atom stereocenters. The highest BCUT2D eigenvalue weighted by Gasteiger charge is 2.17. The number of benzene rings is 1. The SMILES string of the molecule is CCOc1ncc(-c2ccnc(NC(=O)CC)c2)cc1NC(=O)c1ccc(F)cc1F. The summed E-state index contributed by atoms with van der Waals surface area (Å²) in [6, 6.07) is 7.68. The number of anilines is 2. The molecule has 2 amide bonds. The summed E-state index contributed by atoms with van der Waals surface area (Å²) in [5.74, 6) is -2.19. The molecule has 0 aliphatic carbocycles. The highest BCUT2D eigenvalue weighted by atomic mass is 19.1. The molecular weight excluding hydrogens is 406 g/mol. The number of amides is 2. The van der Waals surface area contributed by atoms with Crippen molar-refractivity contribution in [2.75, 3.05) is 17.2 Å². The zero-order valence-corrected chi connectivity index (χ0v) is 16.9. The van der Waals surface area contributed by atoms with Crippen LogP contribution in [0.5, 0.6) is 5.88 Å². The second-order valence-corrected chi connectivity index (χ2v) is 6.42. The van der Waals surface area contributed by atoms with Crippen molar-refractivity contribution in [3.63, 3.8) is 0 Å². The minimum absolute atomic E-state index is 0.149. The van der Waals surface area contributed by atoms with Gasteiger partial charge >= 0.3 is 0 Å². The number of pyridine rings is 2. The number of carbonyl (C=O) groups excluding carboxylic acids is 2. The summed E-state index contributed by atoms with van der Waals surface area (Å²) in [6.07, 6.45) is 3.38. The second kappa shape index (κ2) is 9.75. The minimum Gasteiger partial charge on any atom is -0.476 e. The number of nitrogens with one attached hydrogen (secondary N) is 2. The molecule has 160 valence electrons. The Balaban J connectivity index is 1.93. The molecular formula is C22H20F2N4O3. The van der Waals surface area contributed by atoms with Crippen LogP contribution in [0.15, 0.2) is 48.8 Å². The number of aromatic nitrogens is 2. The fourth-order valence-corrected chi connectivity index (χ4v) is 2.72. The lowest BCUT2D eigenvalue weighted by atomic mass is 10.1. The van der Waals surface area contributed by atoms with Crippen molar-refractivity contribution in [1.29, 1.82) is 0 Å². The monoisotopic (exact) mass is 426 g/mol. The lowest BCUT2D eigenvalue weighted by molar-refractivity contribution is -0.115. The van der Waals surface area contributed by atoms with E-state index in [1.807, 2.05) is 0 Å². The van der Waals surface area contributed by atoms with E-state index in [4.69, 9.17) is 4.74 Å². The van der Waals surface area contributed by atoms with E-state index in [-0.39, 0.29) is 23.0 Å². The average Bonchev–Trinajstić information content (AvgIpc) is 2.75. The second-order valence-electron chi connectivity index (χ2n) is 6.42. The van der Waals surface area contributed by atoms with Crippen LogP contribution in [0.25, 0.3) is 11.1 Å². The van der Waals surface area contributed by atoms with Gasteiger partial charge in [0.2, 0.25) is 11.8 Å². The molecule has 2 heterocycles. The molecule has 0 aliphatic heterocycles. The lowest BCUT2D eigenvalue weighted by Gasteiger charge is -2.13. The van der Waals surface area contributed by atoms with Crippen LogP contribution in [0.4, 0.5) is 20.3 Å². The number of rotatable bonds is 7. The Morgan fingerprint density at radius 1 is 1.00 bits per heavy atom. The molecule has 9 heteroatoms. The molecule has 0 saturated carbocycles. The van der Waals surface area contributed by atoms with Crippen molar-refractivity contribution in [3.05, 3.63) is 66.0 Å². The first-order valence-corrected chi connectivity index (χ1v) is 9.56. The molecule has 0 bridgehead atoms. The highest BCUT2D eigenvalue weighted by Crippen LogP contribution is 2.30. The smallest absolute Gasteiger partial charge is 0.258 e. The van der Waals surface area contributed by atoms with E-state index in [1.54, 1.807) is 38.2 Å². The normalized spacial score (nSPS) is 10.5. The number of carbonyl (C=O) groups is 2. The van der Waals surface area contributed by atoms with E-state index in [0.717, 1.165) is 12.1 Å². The Morgan fingerprint density at radius 3 is 2.52 bits per heavy atom. The fraction of sp³-hybridized carbons (Fsp3) is 0.182. The van der Waals surface area contributed by atoms with Gasteiger partial charge in [0.25, 0.3) is 5.91 Å². The zero-order valence-electron chi connectivity index (χ0n) is 16.9. The Bertz CT molecular complexity index is 1120. The van der Waals surface area contributed by atoms with Gasteiger partial charge < -0.3 is 15.4 Å². The molecule has 3 aromatic rings. The summed E-state index contributed by atoms with van der Waals surface area (Å²) in [5.41, 5.74) is 1.18. The van der Waals surface area contributed by atoms with Crippen molar-refractivity contribution in [3.8, 4) is 17.0 Å². The molecule has 31 heavy (non-hydrogen) atoms. The van der Waals surface area contributed by atoms with Crippen LogP contribution < -0.4 is 15.4 Å². The van der Waals surface area contributed by atoms with Gasteiger partial charge in [-0.1, -0.05) is 6.92 Å². The molecule has 0 fully saturated rings. The maximum absolute atomic E-state index is 14.0. The summed E-state index contributed by atoms with van der Waals surface area (Å²) in [6.45, 7) is 3.78. The van der Waals surface area contributed by atoms with Crippen LogP contribution >= 0.6 is 0 Å². The van der Waals surface area contributed by atoms with Crippen molar-refractivity contribution in [2.24, 2.45) is 0 Å². The van der Waals surface area contributed by atoms with E-state index in [2.05, 4.69) is 20.6 Å². The quantitative estimate of drug-likeness (QED) is 0.583. The summed E-state index contributed by atoms with van der Waals surface area (Å²) in [4.78, 5) is 32.5. The standard InChI is InChI=1S/C22H20F2N4O3/c1-3-20(29)28-19-10-13(7-8-25-19)14-9-18(22(26-12-14)31-4-2)27-21(30)16-6-5-15(23)11-17(16)24/h5-12H,3-4H2,1-2H3,(H,27,30)(H,25,28,29). The lowest BCUT2D eigenvalue weighted by Crippen LogP contribution is -2.15. The van der Waals surface area contributed by atoms with Gasteiger partial charge in [0, 0.05) is 30.4 Å². The van der Waals surface area contributed by atoms with Crippen LogP contribution in [0.3, 0.4) is 0 Å². The maximum Gasteiger partial charge on any atom is 0.258 e. The van der Waals surface area contributed by atoms with Crippen LogP contribution in [-0.2, 0) is 4.79 Å². The van der Waals surface area contributed by atoms with Gasteiger partial charge in [0.15, 0.2) is 0 Å². The molecule has 7 nitrogen and oxygen atoms in total. The molecule has 0 radical (unpaired) electrons. The van der Waals surface area contributed by atoms with Crippen molar-refractivity contribution in [2.45, 2.75) is 20.3 Å². The van der Waals surface area contributed by atoms with Crippen LogP contribution in [0, 0.1) is 11.6 Å². The third-order valence-corrected chi connectivity index (χ3v) is 4.24. The Labute approximate surface area is 177 Å². The number of hydrogen-bond acceptors (Lipinski definition) is 5. The van der Waals surface area contributed by atoms with Crippen LogP contribution in [-0.4, -0.2) is 28.4 Å². The largest absolute Gasteiger partial charge is 0.476 e. The third-order valence-electron chi connectivity index (χ3n) is 4.24. The first-order valence-electron chi connectivity index (χ1n) is 9.56. The molecule has 1 aromatic carbocycles. The predicted octanol–water partition coefficient (Wildman–Crippen LogP) is 4.42. The third kappa shape index (κ3) is 5.39. The summed E-state index contributed by atoms with van der Waals surface area (Å²) in [7, 11) is 0. The number of halogens is 2. The fourth-order valence-electron chi connectivity index (χ4n) is 2.72. The van der Waals surface area contributed by atoms with Crippen molar-refractivity contribution in [1.82, 2.24) is 9.97 Å². The first-order chi connectivity index (χ1) is 14.9. The van der Waals surface area contributed by atoms with Gasteiger partial charge in [-0.2, -0.15) is 0 Å². The number of nitrogens with zero attached hydrogens (tertiary/aromatic N) is 2. The van der Waals surface area contributed by atoms with Gasteiger partial charge in [-0.25, -0.2) is 18.7 Å². The van der Waals surface area contributed by atoms with Gasteiger partial charge in [-0.05, 0) is 42.8 Å². The first kappa shape index (κ1) is 21.8. The van der Waals surface area contributed by atoms with Crippen LogP contribution in [0.2, 0.25) is 0 Å². The molecule has 0 unspecified atom stereocenters. The van der Waals surface area contributed by atoms with E-state index in [9.17, 15) is 18.4 Å². The molecule has 0 saturated heterocycles. The molecule has 2 N–H and O–H groups in total. The van der Waals surface area contributed by atoms with E-state index in [1.165, 1.54) is 6.20 Å². The molecule has 3 rings (SSSR count). The maximum atomic E-state index is 14.0. The minimum atomic E-state index is -0.981. The number of hydrogen-bond donors (Lipinski definition) is 2. The predicted molar refractivity (Wildman–Crippen MR) is 112 cm³/mol. The Morgan fingerprint density at radius 2 is 1.81 bits per heavy atom. The van der Waals surface area contributed by atoms with Gasteiger partial charge in [-0.3, -0.25) is 9.59 Å². The van der Waals surface area contributed by atoms with E-state index < -0.39 is 17.5 Å². The molecule has 0 spiro atoms. The summed E-state index contributed by atoms with van der Waals surface area (Å²) < 4.78 is 32.6. The zero-order chi connectivity index (χ0) is 22.4. The van der Waals surface area contributed by atoms with Gasteiger partial charge in [0.05, 0.1) is 12.2 Å². The Hall–Kier alpha value is -3.88. The van der Waals surface area contributed by atoms with Crippen molar-refractivity contribution < 1.29 is 23.1 Å². The van der Waals surface area contributed by atoms with Gasteiger partial charge in [-0.15, -0.1) is 0 Å². The topological polar surface area (TPSA) is 93.2 Å². The van der Waals surface area contributed by atoms with E-state index in [0.29, 0.717) is 36.0 Å². The Kier molecular flexibility index (Phi) is 6.86. The van der Waals surface area contributed by atoms with Gasteiger partial charge in [0.1, 0.15) is 23.1 Å².